The number of nitriles is 1. The number of nitrogens with one attached hydrogen (secondary N) is 2. The Balaban J connectivity index is 1.64. The van der Waals surface area contributed by atoms with Crippen LogP contribution in [0.3, 0.4) is 0 Å². The smallest absolute Gasteiger partial charge is 0.215 e. The fourth-order valence-electron chi connectivity index (χ4n) is 4.50. The van der Waals surface area contributed by atoms with E-state index in [-0.39, 0.29) is 6.17 Å². The van der Waals surface area contributed by atoms with Crippen LogP contribution < -0.4 is 25.2 Å². The van der Waals surface area contributed by atoms with Crippen molar-refractivity contribution in [3.8, 4) is 11.9 Å². The number of methoxy groups -OCH3 is 1. The highest BCUT2D eigenvalue weighted by Crippen LogP contribution is 2.42. The van der Waals surface area contributed by atoms with Gasteiger partial charge in [-0.25, -0.2) is 4.98 Å². The van der Waals surface area contributed by atoms with Crippen molar-refractivity contribution in [2.24, 2.45) is 0 Å². The van der Waals surface area contributed by atoms with Crippen LogP contribution in [0, 0.1) is 11.3 Å². The molecule has 2 aromatic heterocycles. The summed E-state index contributed by atoms with van der Waals surface area (Å²) in [6, 6.07) is 12.6. The molecule has 5 rings (SSSR count). The van der Waals surface area contributed by atoms with E-state index in [1.54, 1.807) is 7.11 Å². The highest BCUT2D eigenvalue weighted by molar-refractivity contribution is 6.07. The number of hydrogen-bond donors (Lipinski definition) is 2. The van der Waals surface area contributed by atoms with Gasteiger partial charge in [0.05, 0.1) is 12.5 Å². The molecule has 0 amide bonds. The first kappa shape index (κ1) is 20.2. The van der Waals surface area contributed by atoms with E-state index >= 15 is 0 Å². The van der Waals surface area contributed by atoms with Crippen molar-refractivity contribution in [2.75, 3.05) is 54.7 Å². The van der Waals surface area contributed by atoms with Crippen molar-refractivity contribution >= 4 is 33.9 Å². The lowest BCUT2D eigenvalue weighted by atomic mass is 10.0. The number of benzene rings is 1. The van der Waals surface area contributed by atoms with Crippen LogP contribution >= 0.6 is 0 Å². The number of aromatic nitrogens is 2. The van der Waals surface area contributed by atoms with Gasteiger partial charge in [0.25, 0.3) is 0 Å². The minimum atomic E-state index is -0.198. The number of rotatable bonds is 4. The molecule has 8 heteroatoms. The summed E-state index contributed by atoms with van der Waals surface area (Å²) in [4.78, 5) is 13.9. The van der Waals surface area contributed by atoms with E-state index in [9.17, 15) is 5.26 Å². The molecule has 0 saturated carbocycles. The summed E-state index contributed by atoms with van der Waals surface area (Å²) in [6.45, 7) is 1.82. The van der Waals surface area contributed by atoms with Gasteiger partial charge in [-0.05, 0) is 37.0 Å². The second-order valence-electron chi connectivity index (χ2n) is 8.46. The monoisotopic (exact) mass is 429 g/mol. The van der Waals surface area contributed by atoms with Gasteiger partial charge in [-0.1, -0.05) is 12.1 Å². The summed E-state index contributed by atoms with van der Waals surface area (Å²) in [7, 11) is 5.65. The molecular weight excluding hydrogens is 402 g/mol. The summed E-state index contributed by atoms with van der Waals surface area (Å²) in [5, 5.41) is 18.7. The molecule has 0 aliphatic carbocycles. The van der Waals surface area contributed by atoms with Crippen LogP contribution in [-0.2, 0) is 0 Å². The molecule has 0 spiro atoms. The van der Waals surface area contributed by atoms with E-state index in [4.69, 9.17) is 9.72 Å². The van der Waals surface area contributed by atoms with Crippen molar-refractivity contribution < 1.29 is 4.74 Å². The van der Waals surface area contributed by atoms with Gasteiger partial charge in [0, 0.05) is 44.3 Å². The largest absolute Gasteiger partial charge is 0.481 e. The number of ether oxygens (including phenoxy) is 1. The Morgan fingerprint density at radius 3 is 2.38 bits per heavy atom. The van der Waals surface area contributed by atoms with Gasteiger partial charge in [0.2, 0.25) is 5.88 Å². The number of anilines is 4. The zero-order chi connectivity index (χ0) is 22.2. The van der Waals surface area contributed by atoms with Crippen LogP contribution in [0.4, 0.5) is 23.1 Å². The third kappa shape index (κ3) is 3.40. The molecule has 2 aliphatic rings. The molecular formula is C24H27N7O. The lowest BCUT2D eigenvalue weighted by Gasteiger charge is -2.32. The van der Waals surface area contributed by atoms with Crippen LogP contribution in [0.25, 0.3) is 10.8 Å². The Hall–Kier alpha value is -3.73. The average molecular weight is 430 g/mol. The first-order chi connectivity index (χ1) is 15.6. The van der Waals surface area contributed by atoms with Crippen LogP contribution in [0.2, 0.25) is 0 Å². The first-order valence-electron chi connectivity index (χ1n) is 11.0. The fraction of sp³-hybridized carbons (Fsp3) is 0.375. The van der Waals surface area contributed by atoms with Crippen molar-refractivity contribution in [3.05, 3.63) is 41.5 Å². The number of pyridine rings is 2. The zero-order valence-electron chi connectivity index (χ0n) is 18.6. The van der Waals surface area contributed by atoms with Gasteiger partial charge in [0.15, 0.2) is 0 Å². The molecule has 2 N–H and O–H groups in total. The highest BCUT2D eigenvalue weighted by atomic mass is 16.5. The zero-order valence-corrected chi connectivity index (χ0v) is 18.6. The Labute approximate surface area is 187 Å². The molecule has 8 nitrogen and oxygen atoms in total. The van der Waals surface area contributed by atoms with Crippen molar-refractivity contribution in [3.63, 3.8) is 0 Å². The Morgan fingerprint density at radius 1 is 1.06 bits per heavy atom. The molecule has 1 saturated heterocycles. The summed E-state index contributed by atoms with van der Waals surface area (Å²) in [5.74, 6) is 2.63. The second kappa shape index (κ2) is 8.08. The van der Waals surface area contributed by atoms with Crippen LogP contribution in [0.15, 0.2) is 30.3 Å². The van der Waals surface area contributed by atoms with E-state index in [0.29, 0.717) is 17.3 Å². The molecule has 1 atom stereocenters. The maximum Gasteiger partial charge on any atom is 0.215 e. The molecule has 2 aliphatic heterocycles. The van der Waals surface area contributed by atoms with Gasteiger partial charge in [-0.2, -0.15) is 10.2 Å². The number of hydrogen-bond acceptors (Lipinski definition) is 8. The highest BCUT2D eigenvalue weighted by Gasteiger charge is 2.28. The van der Waals surface area contributed by atoms with Crippen molar-refractivity contribution in [1.29, 1.82) is 5.26 Å². The van der Waals surface area contributed by atoms with E-state index in [1.165, 1.54) is 6.42 Å². The second-order valence-corrected chi connectivity index (χ2v) is 8.46. The van der Waals surface area contributed by atoms with E-state index in [2.05, 4.69) is 55.8 Å². The van der Waals surface area contributed by atoms with Crippen LogP contribution in [0.5, 0.6) is 5.88 Å². The molecule has 1 fully saturated rings. The Bertz CT molecular complexity index is 1190. The maximum absolute atomic E-state index is 10.1. The predicted octanol–water partition coefficient (Wildman–Crippen LogP) is 4.10. The molecule has 0 radical (unpaired) electrons. The lowest BCUT2D eigenvalue weighted by molar-refractivity contribution is 0.399. The Morgan fingerprint density at radius 2 is 1.75 bits per heavy atom. The van der Waals surface area contributed by atoms with E-state index < -0.39 is 0 Å². The SMILES string of the molecule is COc1cc2c(C#N)c(N3CCCCC3)nc3c2c(n1)NC(c1ccc(N(C)C)cc1)N3. The van der Waals surface area contributed by atoms with Crippen molar-refractivity contribution in [2.45, 2.75) is 25.4 Å². The van der Waals surface area contributed by atoms with Crippen molar-refractivity contribution in [1.82, 2.24) is 9.97 Å². The van der Waals surface area contributed by atoms with Gasteiger partial charge < -0.3 is 25.2 Å². The van der Waals surface area contributed by atoms with E-state index in [0.717, 1.165) is 59.6 Å². The third-order valence-corrected chi connectivity index (χ3v) is 6.22. The topological polar surface area (TPSA) is 89.3 Å². The summed E-state index contributed by atoms with van der Waals surface area (Å²) in [5.41, 5.74) is 2.78. The van der Waals surface area contributed by atoms with Gasteiger partial charge in [-0.15, -0.1) is 0 Å². The standard InChI is InChI=1S/C24H27N7O/c1-30(2)16-9-7-15(8-10-16)21-27-22-20-17(13-19(26-22)32-3)18(14-25)24(29-23(20)28-21)31-11-5-4-6-12-31/h7-10,13,21H,4-6,11-12H2,1-3H3,(H,26,27)(H,28,29). The lowest BCUT2D eigenvalue weighted by Crippen LogP contribution is -2.32. The minimum Gasteiger partial charge on any atom is -0.481 e. The third-order valence-electron chi connectivity index (χ3n) is 6.22. The van der Waals surface area contributed by atoms with Crippen LogP contribution in [-0.4, -0.2) is 44.3 Å². The molecule has 1 unspecified atom stereocenters. The number of nitrogens with zero attached hydrogens (tertiary/aromatic N) is 5. The maximum atomic E-state index is 10.1. The summed E-state index contributed by atoms with van der Waals surface area (Å²) < 4.78 is 5.48. The normalized spacial score (nSPS) is 17.3. The molecule has 32 heavy (non-hydrogen) atoms. The fourth-order valence-corrected chi connectivity index (χ4v) is 4.50. The average Bonchev–Trinajstić information content (AvgIpc) is 2.84. The summed E-state index contributed by atoms with van der Waals surface area (Å²) in [6.07, 6.45) is 3.24. The first-order valence-corrected chi connectivity index (χ1v) is 11.0. The van der Waals surface area contributed by atoms with Crippen LogP contribution in [0.1, 0.15) is 36.6 Å². The molecule has 3 aromatic rings. The Kier molecular flexibility index (Phi) is 5.10. The predicted molar refractivity (Wildman–Crippen MR) is 128 cm³/mol. The van der Waals surface area contributed by atoms with Gasteiger partial charge >= 0.3 is 0 Å². The van der Waals surface area contributed by atoms with Gasteiger partial charge in [0.1, 0.15) is 35.3 Å². The molecule has 0 bridgehead atoms. The summed E-state index contributed by atoms with van der Waals surface area (Å²) >= 11 is 0. The molecule has 164 valence electrons. The van der Waals surface area contributed by atoms with E-state index in [1.807, 2.05) is 20.2 Å². The molecule has 1 aromatic carbocycles. The number of piperidine rings is 1. The van der Waals surface area contributed by atoms with Gasteiger partial charge in [-0.3, -0.25) is 0 Å². The quantitative estimate of drug-likeness (QED) is 0.641. The minimum absolute atomic E-state index is 0.198. The molecule has 4 heterocycles.